The summed E-state index contributed by atoms with van der Waals surface area (Å²) < 4.78 is 4.86. The van der Waals surface area contributed by atoms with Gasteiger partial charge >= 0.3 is 0 Å². The number of hydrogen-bond acceptors (Lipinski definition) is 0. The van der Waals surface area contributed by atoms with Crippen LogP contribution in [0.3, 0.4) is 0 Å². The molecule has 2 heterocycles. The summed E-state index contributed by atoms with van der Waals surface area (Å²) in [4.78, 5) is 0. The molecule has 0 unspecified atom stereocenters. The molecule has 1 aliphatic rings. The van der Waals surface area contributed by atoms with Gasteiger partial charge in [-0.05, 0) is 83.6 Å². The second-order valence-electron chi connectivity index (χ2n) is 11.7. The number of para-hydroxylation sites is 2. The zero-order valence-electron chi connectivity index (χ0n) is 24.3. The van der Waals surface area contributed by atoms with Crippen molar-refractivity contribution in [3.05, 3.63) is 163 Å². The molecule has 2 heteroatoms. The molecule has 0 aliphatic heterocycles. The molecule has 0 saturated heterocycles. The van der Waals surface area contributed by atoms with Gasteiger partial charge in [0, 0.05) is 32.9 Å². The van der Waals surface area contributed by atoms with Crippen molar-refractivity contribution >= 4 is 49.2 Å². The zero-order chi connectivity index (χ0) is 29.0. The molecule has 8 aromatic rings. The van der Waals surface area contributed by atoms with Gasteiger partial charge in [0.05, 0.1) is 22.1 Å². The molecule has 0 radical (unpaired) electrons. The average molecular weight is 563 g/mol. The third kappa shape index (κ3) is 3.88. The predicted molar refractivity (Wildman–Crippen MR) is 187 cm³/mol. The van der Waals surface area contributed by atoms with Gasteiger partial charge in [-0.3, -0.25) is 0 Å². The summed E-state index contributed by atoms with van der Waals surface area (Å²) in [6.45, 7) is 0. The number of allylic oxidation sites excluding steroid dienone is 4. The monoisotopic (exact) mass is 562 g/mol. The fraction of sp³-hybridized carbons (Fsp3) is 0.0476. The molecule has 6 aromatic carbocycles. The number of hydrogen-bond donors (Lipinski definition) is 0. The summed E-state index contributed by atoms with van der Waals surface area (Å²) in [5.74, 6) is 0. The first-order valence-electron chi connectivity index (χ1n) is 15.4. The normalized spacial score (nSPS) is 13.3. The first kappa shape index (κ1) is 24.9. The van der Waals surface area contributed by atoms with E-state index < -0.39 is 0 Å². The molecule has 0 N–H and O–H groups in total. The van der Waals surface area contributed by atoms with Gasteiger partial charge in [-0.25, -0.2) is 0 Å². The number of aromatic nitrogens is 2. The SMILES string of the molecule is C1=CCCC(c2ccc(-n3c4ccccc4c4cc5c6ccccc6n(-c6ccc(-c7ccccc7)cc6)c5cc43)cc2)=C1. The van der Waals surface area contributed by atoms with Crippen molar-refractivity contribution in [2.45, 2.75) is 12.8 Å². The van der Waals surface area contributed by atoms with E-state index in [-0.39, 0.29) is 0 Å². The maximum atomic E-state index is 2.43. The number of benzene rings is 6. The Hall–Kier alpha value is -5.60. The predicted octanol–water partition coefficient (Wildman–Crippen LogP) is 11.3. The van der Waals surface area contributed by atoms with Crippen LogP contribution in [0.5, 0.6) is 0 Å². The lowest BCUT2D eigenvalue weighted by molar-refractivity contribution is 1.05. The van der Waals surface area contributed by atoms with E-state index in [9.17, 15) is 0 Å². The van der Waals surface area contributed by atoms with Crippen molar-refractivity contribution in [3.63, 3.8) is 0 Å². The van der Waals surface area contributed by atoms with Crippen molar-refractivity contribution in [2.75, 3.05) is 0 Å². The number of fused-ring (bicyclic) bond motifs is 6. The molecule has 0 bridgehead atoms. The van der Waals surface area contributed by atoms with Crippen LogP contribution in [0.1, 0.15) is 18.4 Å². The van der Waals surface area contributed by atoms with Crippen LogP contribution >= 0.6 is 0 Å². The lowest BCUT2D eigenvalue weighted by Crippen LogP contribution is -1.96. The van der Waals surface area contributed by atoms with E-state index in [2.05, 4.69) is 167 Å². The van der Waals surface area contributed by atoms with Crippen LogP contribution in [-0.4, -0.2) is 9.13 Å². The Balaban J connectivity index is 1.28. The zero-order valence-corrected chi connectivity index (χ0v) is 24.3. The largest absolute Gasteiger partial charge is 0.309 e. The van der Waals surface area contributed by atoms with E-state index in [4.69, 9.17) is 0 Å². The maximum Gasteiger partial charge on any atom is 0.0562 e. The van der Waals surface area contributed by atoms with Crippen molar-refractivity contribution in [1.29, 1.82) is 0 Å². The van der Waals surface area contributed by atoms with E-state index in [0.29, 0.717) is 0 Å². The topological polar surface area (TPSA) is 9.86 Å². The molecule has 44 heavy (non-hydrogen) atoms. The van der Waals surface area contributed by atoms with Gasteiger partial charge in [0.1, 0.15) is 0 Å². The van der Waals surface area contributed by atoms with Gasteiger partial charge in [0.15, 0.2) is 0 Å². The van der Waals surface area contributed by atoms with Crippen LogP contribution in [0.2, 0.25) is 0 Å². The lowest BCUT2D eigenvalue weighted by atomic mass is 9.97. The van der Waals surface area contributed by atoms with Gasteiger partial charge in [0.25, 0.3) is 0 Å². The van der Waals surface area contributed by atoms with E-state index in [0.717, 1.165) is 18.5 Å². The highest BCUT2D eigenvalue weighted by Crippen LogP contribution is 2.40. The highest BCUT2D eigenvalue weighted by atomic mass is 15.0. The van der Waals surface area contributed by atoms with E-state index in [1.165, 1.54) is 71.6 Å². The minimum atomic E-state index is 1.10. The quantitative estimate of drug-likeness (QED) is 0.202. The fourth-order valence-electron chi connectivity index (χ4n) is 7.09. The third-order valence-corrected chi connectivity index (χ3v) is 9.21. The average Bonchev–Trinajstić information content (AvgIpc) is 3.60. The van der Waals surface area contributed by atoms with Gasteiger partial charge in [0.2, 0.25) is 0 Å². The highest BCUT2D eigenvalue weighted by molar-refractivity contribution is 6.19. The van der Waals surface area contributed by atoms with Crippen molar-refractivity contribution in [2.24, 2.45) is 0 Å². The second kappa shape index (κ2) is 10.00. The van der Waals surface area contributed by atoms with Crippen LogP contribution < -0.4 is 0 Å². The molecule has 0 spiro atoms. The summed E-state index contributed by atoms with van der Waals surface area (Å²) >= 11 is 0. The molecule has 208 valence electrons. The van der Waals surface area contributed by atoms with Crippen LogP contribution in [0.15, 0.2) is 158 Å². The molecule has 2 nitrogen and oxygen atoms in total. The number of nitrogens with zero attached hydrogens (tertiary/aromatic N) is 2. The Bertz CT molecular complexity index is 2400. The molecule has 2 aromatic heterocycles. The van der Waals surface area contributed by atoms with Crippen molar-refractivity contribution < 1.29 is 0 Å². The van der Waals surface area contributed by atoms with Gasteiger partial charge in [-0.2, -0.15) is 0 Å². The van der Waals surface area contributed by atoms with Gasteiger partial charge in [-0.15, -0.1) is 0 Å². The standard InChI is InChI=1S/C42H30N2/c1-3-11-29(12-4-1)31-19-23-33(24-20-31)43-39-17-9-7-15-35(39)37-27-38-36-16-8-10-18-40(36)44(42(38)28-41(37)43)34-25-21-32(22-26-34)30-13-5-2-6-14-30/h1-5,7-13,15-28H,6,14H2. The molecule has 0 atom stereocenters. The molecular weight excluding hydrogens is 532 g/mol. The van der Waals surface area contributed by atoms with E-state index in [1.54, 1.807) is 0 Å². The van der Waals surface area contributed by atoms with Crippen molar-refractivity contribution in [1.82, 2.24) is 9.13 Å². The van der Waals surface area contributed by atoms with Crippen LogP contribution in [0.25, 0.3) is 71.7 Å². The molecule has 9 rings (SSSR count). The van der Waals surface area contributed by atoms with Crippen LogP contribution in [-0.2, 0) is 0 Å². The van der Waals surface area contributed by atoms with Gasteiger partial charge in [-0.1, -0.05) is 109 Å². The Morgan fingerprint density at radius 1 is 0.409 bits per heavy atom. The highest BCUT2D eigenvalue weighted by Gasteiger charge is 2.18. The summed E-state index contributed by atoms with van der Waals surface area (Å²) in [5.41, 5.74) is 12.4. The Labute approximate surface area is 256 Å². The Morgan fingerprint density at radius 2 is 0.932 bits per heavy atom. The Kier molecular flexibility index (Phi) is 5.67. The summed E-state index contributed by atoms with van der Waals surface area (Å²) in [7, 11) is 0. The maximum absolute atomic E-state index is 2.43. The van der Waals surface area contributed by atoms with E-state index >= 15 is 0 Å². The van der Waals surface area contributed by atoms with Gasteiger partial charge < -0.3 is 9.13 Å². The van der Waals surface area contributed by atoms with Crippen molar-refractivity contribution in [3.8, 4) is 22.5 Å². The van der Waals surface area contributed by atoms with Crippen LogP contribution in [0, 0.1) is 0 Å². The first-order chi connectivity index (χ1) is 21.8. The third-order valence-electron chi connectivity index (χ3n) is 9.21. The lowest BCUT2D eigenvalue weighted by Gasteiger charge is -2.13. The smallest absolute Gasteiger partial charge is 0.0562 e. The Morgan fingerprint density at radius 3 is 1.50 bits per heavy atom. The molecule has 1 aliphatic carbocycles. The molecule has 0 amide bonds. The number of rotatable bonds is 4. The molecular formula is C42H30N2. The minimum Gasteiger partial charge on any atom is -0.309 e. The summed E-state index contributed by atoms with van der Waals surface area (Å²) in [6.07, 6.45) is 8.88. The van der Waals surface area contributed by atoms with E-state index in [1.807, 2.05) is 0 Å². The molecule has 0 saturated carbocycles. The first-order valence-corrected chi connectivity index (χ1v) is 15.4. The second-order valence-corrected chi connectivity index (χ2v) is 11.7. The summed E-state index contributed by atoms with van der Waals surface area (Å²) in [6, 6.07) is 51.1. The minimum absolute atomic E-state index is 1.10. The molecule has 0 fully saturated rings. The fourth-order valence-corrected chi connectivity index (χ4v) is 7.09. The summed E-state index contributed by atoms with van der Waals surface area (Å²) in [5, 5.41) is 5.10. The van der Waals surface area contributed by atoms with Crippen LogP contribution in [0.4, 0.5) is 0 Å².